The number of rotatable bonds is 2. The number of phenols is 1. The third-order valence-corrected chi connectivity index (χ3v) is 3.40. The number of ketones is 1. The van der Waals surface area contributed by atoms with Crippen molar-refractivity contribution >= 4 is 5.78 Å². The molecule has 0 aromatic heterocycles. The molecule has 0 aliphatic heterocycles. The number of fused-ring (bicyclic) bond motifs is 2. The fourth-order valence-electron chi connectivity index (χ4n) is 2.56. The minimum Gasteiger partial charge on any atom is -0.508 e. The molecule has 0 bridgehead atoms. The fraction of sp³-hybridized carbons (Fsp3) is 0.188. The van der Waals surface area contributed by atoms with Crippen molar-refractivity contribution in [1.29, 1.82) is 0 Å². The predicted molar refractivity (Wildman–Crippen MR) is 72.0 cm³/mol. The summed E-state index contributed by atoms with van der Waals surface area (Å²) >= 11 is 0. The van der Waals surface area contributed by atoms with Crippen molar-refractivity contribution in [1.82, 2.24) is 0 Å². The molecule has 3 nitrogen and oxygen atoms in total. The molecule has 0 heterocycles. The molecule has 19 heavy (non-hydrogen) atoms. The van der Waals surface area contributed by atoms with Crippen LogP contribution in [0, 0.1) is 0 Å². The van der Waals surface area contributed by atoms with Gasteiger partial charge in [0.25, 0.3) is 0 Å². The molecule has 2 aromatic rings. The van der Waals surface area contributed by atoms with Crippen LogP contribution in [0.4, 0.5) is 0 Å². The Hall–Kier alpha value is -2.29. The lowest BCUT2D eigenvalue weighted by atomic mass is 9.84. The van der Waals surface area contributed by atoms with Crippen LogP contribution in [-0.2, 0) is 6.42 Å². The summed E-state index contributed by atoms with van der Waals surface area (Å²) in [6, 6.07) is 10.7. The Morgan fingerprint density at radius 2 is 2.00 bits per heavy atom. The second kappa shape index (κ2) is 4.43. The van der Waals surface area contributed by atoms with Crippen molar-refractivity contribution in [2.24, 2.45) is 0 Å². The van der Waals surface area contributed by atoms with Crippen LogP contribution in [0.25, 0.3) is 0 Å². The van der Waals surface area contributed by atoms with Gasteiger partial charge in [-0.2, -0.15) is 0 Å². The molecule has 3 heteroatoms. The van der Waals surface area contributed by atoms with E-state index in [2.05, 4.69) is 0 Å². The van der Waals surface area contributed by atoms with E-state index < -0.39 is 0 Å². The first kappa shape index (κ1) is 11.8. The van der Waals surface area contributed by atoms with E-state index in [-0.39, 0.29) is 11.5 Å². The van der Waals surface area contributed by atoms with Gasteiger partial charge in [0.15, 0.2) is 5.78 Å². The molecule has 0 fully saturated rings. The molecule has 0 saturated heterocycles. The molecular weight excluding hydrogens is 240 g/mol. The summed E-state index contributed by atoms with van der Waals surface area (Å²) < 4.78 is 5.54. The average molecular weight is 254 g/mol. The van der Waals surface area contributed by atoms with Crippen molar-refractivity contribution < 1.29 is 14.6 Å². The third kappa shape index (κ3) is 1.78. The third-order valence-electron chi connectivity index (χ3n) is 3.40. The minimum atomic E-state index is -0.0730. The van der Waals surface area contributed by atoms with Crippen LogP contribution in [0.3, 0.4) is 0 Å². The molecule has 2 aromatic carbocycles. The second-order valence-electron chi connectivity index (χ2n) is 4.53. The number of hydrogen-bond acceptors (Lipinski definition) is 3. The molecule has 0 amide bonds. The van der Waals surface area contributed by atoms with Crippen LogP contribution in [0.2, 0.25) is 0 Å². The van der Waals surface area contributed by atoms with Gasteiger partial charge in [0, 0.05) is 17.5 Å². The predicted octanol–water partition coefficient (Wildman–Crippen LogP) is 2.93. The summed E-state index contributed by atoms with van der Waals surface area (Å²) in [6.45, 7) is 2.42. The zero-order valence-electron chi connectivity index (χ0n) is 10.6. The van der Waals surface area contributed by atoms with E-state index in [1.54, 1.807) is 18.2 Å². The van der Waals surface area contributed by atoms with Crippen molar-refractivity contribution in [3.63, 3.8) is 0 Å². The Labute approximate surface area is 111 Å². The largest absolute Gasteiger partial charge is 0.508 e. The van der Waals surface area contributed by atoms with Gasteiger partial charge in [0.05, 0.1) is 12.2 Å². The highest BCUT2D eigenvalue weighted by Gasteiger charge is 2.27. The molecule has 96 valence electrons. The van der Waals surface area contributed by atoms with Crippen LogP contribution < -0.4 is 4.74 Å². The van der Waals surface area contributed by atoms with Crippen molar-refractivity contribution in [3.05, 3.63) is 58.7 Å². The van der Waals surface area contributed by atoms with E-state index in [0.717, 1.165) is 5.56 Å². The van der Waals surface area contributed by atoms with Crippen LogP contribution >= 0.6 is 0 Å². The van der Waals surface area contributed by atoms with Gasteiger partial charge in [-0.1, -0.05) is 24.3 Å². The maximum Gasteiger partial charge on any atom is 0.197 e. The molecule has 0 spiro atoms. The maximum absolute atomic E-state index is 12.6. The standard InChI is InChI=1S/C16H14O3/c1-2-19-14-8-3-5-10-9-12-11(16(18)15(10)14)6-4-7-13(12)17/h3-8,17H,2,9H2,1H3. The molecule has 1 aliphatic carbocycles. The Morgan fingerprint density at radius 3 is 2.79 bits per heavy atom. The lowest BCUT2D eigenvalue weighted by molar-refractivity contribution is 0.103. The van der Waals surface area contributed by atoms with Gasteiger partial charge in [0.2, 0.25) is 0 Å². The van der Waals surface area contributed by atoms with E-state index >= 15 is 0 Å². The molecular formula is C16H14O3. The lowest BCUT2D eigenvalue weighted by Crippen LogP contribution is -2.16. The number of carbonyl (C=O) groups is 1. The Kier molecular flexibility index (Phi) is 2.75. The smallest absolute Gasteiger partial charge is 0.197 e. The summed E-state index contributed by atoms with van der Waals surface area (Å²) in [6.07, 6.45) is 0.560. The monoisotopic (exact) mass is 254 g/mol. The number of phenolic OH excluding ortho intramolecular Hbond substituents is 1. The van der Waals surface area contributed by atoms with Crippen molar-refractivity contribution in [2.45, 2.75) is 13.3 Å². The lowest BCUT2D eigenvalue weighted by Gasteiger charge is -2.21. The highest BCUT2D eigenvalue weighted by Crippen LogP contribution is 2.36. The molecule has 1 aliphatic rings. The van der Waals surface area contributed by atoms with E-state index in [0.29, 0.717) is 35.5 Å². The van der Waals surface area contributed by atoms with Crippen molar-refractivity contribution in [3.8, 4) is 11.5 Å². The van der Waals surface area contributed by atoms with Gasteiger partial charge < -0.3 is 9.84 Å². The summed E-state index contributed by atoms with van der Waals surface area (Å²) in [7, 11) is 0. The van der Waals surface area contributed by atoms with Gasteiger partial charge in [-0.15, -0.1) is 0 Å². The zero-order chi connectivity index (χ0) is 13.4. The number of ether oxygens (including phenoxy) is 1. The highest BCUT2D eigenvalue weighted by atomic mass is 16.5. The van der Waals surface area contributed by atoms with Gasteiger partial charge in [-0.3, -0.25) is 4.79 Å². The van der Waals surface area contributed by atoms with E-state index in [1.165, 1.54) is 0 Å². The number of aromatic hydroxyl groups is 1. The highest BCUT2D eigenvalue weighted by molar-refractivity contribution is 6.14. The number of benzene rings is 2. The summed E-state index contributed by atoms with van der Waals surface area (Å²) in [5.41, 5.74) is 2.81. The molecule has 0 radical (unpaired) electrons. The first-order chi connectivity index (χ1) is 9.22. The topological polar surface area (TPSA) is 46.5 Å². The normalized spacial score (nSPS) is 12.8. The summed E-state index contributed by atoms with van der Waals surface area (Å²) in [5, 5.41) is 9.89. The van der Waals surface area contributed by atoms with Crippen LogP contribution in [0.15, 0.2) is 36.4 Å². The number of hydrogen-bond donors (Lipinski definition) is 1. The molecule has 1 N–H and O–H groups in total. The maximum atomic E-state index is 12.6. The van der Waals surface area contributed by atoms with Crippen molar-refractivity contribution in [2.75, 3.05) is 6.61 Å². The second-order valence-corrected chi connectivity index (χ2v) is 4.53. The SMILES string of the molecule is CCOc1cccc2c1C(=O)c1cccc(O)c1C2. The summed E-state index contributed by atoms with van der Waals surface area (Å²) in [5.74, 6) is 0.730. The fourth-order valence-corrected chi connectivity index (χ4v) is 2.56. The van der Waals surface area contributed by atoms with E-state index in [4.69, 9.17) is 4.74 Å². The molecule has 0 atom stereocenters. The van der Waals surface area contributed by atoms with Gasteiger partial charge in [0.1, 0.15) is 11.5 Å². The average Bonchev–Trinajstić information content (AvgIpc) is 2.41. The Balaban J connectivity index is 2.19. The van der Waals surface area contributed by atoms with Gasteiger partial charge >= 0.3 is 0 Å². The quantitative estimate of drug-likeness (QED) is 0.764. The zero-order valence-corrected chi connectivity index (χ0v) is 10.6. The first-order valence-corrected chi connectivity index (χ1v) is 6.32. The van der Waals surface area contributed by atoms with E-state index in [9.17, 15) is 9.90 Å². The van der Waals surface area contributed by atoms with Gasteiger partial charge in [-0.25, -0.2) is 0 Å². The molecule has 3 rings (SSSR count). The van der Waals surface area contributed by atoms with Crippen LogP contribution in [0.1, 0.15) is 34.0 Å². The van der Waals surface area contributed by atoms with Crippen LogP contribution in [-0.4, -0.2) is 17.5 Å². The van der Waals surface area contributed by atoms with Gasteiger partial charge in [-0.05, 0) is 24.6 Å². The first-order valence-electron chi connectivity index (χ1n) is 6.32. The Bertz CT molecular complexity index is 659. The number of carbonyl (C=O) groups excluding carboxylic acids is 1. The Morgan fingerprint density at radius 1 is 1.21 bits per heavy atom. The minimum absolute atomic E-state index is 0.0730. The van der Waals surface area contributed by atoms with E-state index in [1.807, 2.05) is 25.1 Å². The molecule has 0 saturated carbocycles. The molecule has 0 unspecified atom stereocenters. The van der Waals surface area contributed by atoms with Crippen LogP contribution in [0.5, 0.6) is 11.5 Å². The summed E-state index contributed by atoms with van der Waals surface area (Å²) in [4.78, 5) is 12.6.